The van der Waals surface area contributed by atoms with E-state index in [1.165, 1.54) is 25.3 Å². The van der Waals surface area contributed by atoms with Crippen molar-refractivity contribution >= 4 is 21.4 Å². The standard InChI is InChI=1S/C14H18N2O7S/c1-14(5-6-24(20,21)9-14)15-13(17)8-23-12-4-3-10(22-2)7-11(12)16(18)19/h3-4,7H,5-6,8-9H2,1-2H3,(H,15,17)/t14-/m0/s1. The summed E-state index contributed by atoms with van der Waals surface area (Å²) in [6, 6.07) is 4.01. The fraction of sp³-hybridized carbons (Fsp3) is 0.500. The van der Waals surface area contributed by atoms with E-state index >= 15 is 0 Å². The number of nitrogens with one attached hydrogen (secondary N) is 1. The van der Waals surface area contributed by atoms with E-state index in [0.717, 1.165) is 0 Å². The Hall–Kier alpha value is -2.36. The third-order valence-corrected chi connectivity index (χ3v) is 5.57. The molecule has 1 aromatic carbocycles. The van der Waals surface area contributed by atoms with Crippen LogP contribution in [0.3, 0.4) is 0 Å². The Bertz CT molecular complexity index is 762. The Balaban J connectivity index is 2.01. The maximum Gasteiger partial charge on any atom is 0.314 e. The number of nitro benzene ring substituents is 1. The molecule has 0 aliphatic carbocycles. The predicted molar refractivity (Wildman–Crippen MR) is 85.0 cm³/mol. The number of nitro groups is 1. The third kappa shape index (κ3) is 4.34. The van der Waals surface area contributed by atoms with Gasteiger partial charge in [0.25, 0.3) is 5.91 Å². The van der Waals surface area contributed by atoms with Crippen LogP contribution < -0.4 is 14.8 Å². The lowest BCUT2D eigenvalue weighted by molar-refractivity contribution is -0.385. The fourth-order valence-electron chi connectivity index (χ4n) is 2.51. The van der Waals surface area contributed by atoms with Crippen molar-refractivity contribution < 1.29 is 27.6 Å². The van der Waals surface area contributed by atoms with Gasteiger partial charge in [-0.05, 0) is 25.5 Å². The molecule has 1 amide bonds. The summed E-state index contributed by atoms with van der Waals surface area (Å²) in [4.78, 5) is 22.4. The van der Waals surface area contributed by atoms with E-state index in [1.54, 1.807) is 6.92 Å². The number of hydrogen-bond acceptors (Lipinski definition) is 7. The summed E-state index contributed by atoms with van der Waals surface area (Å²) in [6.45, 7) is 1.19. The largest absolute Gasteiger partial charge is 0.496 e. The molecule has 10 heteroatoms. The first-order valence-corrected chi connectivity index (χ1v) is 8.93. The highest BCUT2D eigenvalue weighted by Gasteiger charge is 2.39. The van der Waals surface area contributed by atoms with E-state index in [-0.39, 0.29) is 22.9 Å². The van der Waals surface area contributed by atoms with Crippen molar-refractivity contribution in [1.82, 2.24) is 5.32 Å². The number of carbonyl (C=O) groups is 1. The molecule has 24 heavy (non-hydrogen) atoms. The first-order valence-electron chi connectivity index (χ1n) is 7.11. The predicted octanol–water partition coefficient (Wildman–Crippen LogP) is 0.676. The van der Waals surface area contributed by atoms with Gasteiger partial charge in [-0.3, -0.25) is 14.9 Å². The zero-order chi connectivity index (χ0) is 18.0. The monoisotopic (exact) mass is 358 g/mol. The second kappa shape index (κ2) is 6.63. The Morgan fingerprint density at radius 1 is 1.46 bits per heavy atom. The number of ether oxygens (including phenoxy) is 2. The molecule has 1 atom stereocenters. The van der Waals surface area contributed by atoms with Gasteiger partial charge in [0.2, 0.25) is 0 Å². The molecule has 0 spiro atoms. The van der Waals surface area contributed by atoms with E-state index in [9.17, 15) is 23.3 Å². The third-order valence-electron chi connectivity index (χ3n) is 3.67. The lowest BCUT2D eigenvalue weighted by Gasteiger charge is -2.23. The zero-order valence-corrected chi connectivity index (χ0v) is 14.1. The molecule has 1 fully saturated rings. The molecule has 1 aliphatic heterocycles. The van der Waals surface area contributed by atoms with Crippen LogP contribution in [0.5, 0.6) is 11.5 Å². The molecule has 1 aromatic rings. The highest BCUT2D eigenvalue weighted by molar-refractivity contribution is 7.91. The summed E-state index contributed by atoms with van der Waals surface area (Å²) >= 11 is 0. The van der Waals surface area contributed by atoms with E-state index in [4.69, 9.17) is 9.47 Å². The summed E-state index contributed by atoms with van der Waals surface area (Å²) in [5.74, 6) is -0.426. The minimum atomic E-state index is -3.15. The molecule has 2 rings (SSSR count). The van der Waals surface area contributed by atoms with Gasteiger partial charge in [0, 0.05) is 0 Å². The second-order valence-corrected chi connectivity index (χ2v) is 8.01. The fourth-order valence-corrected chi connectivity index (χ4v) is 4.61. The number of rotatable bonds is 6. The lowest BCUT2D eigenvalue weighted by atomic mass is 10.0. The number of carbonyl (C=O) groups excluding carboxylic acids is 1. The first kappa shape index (κ1) is 18.0. The molecule has 132 valence electrons. The molecular weight excluding hydrogens is 340 g/mol. The van der Waals surface area contributed by atoms with Crippen molar-refractivity contribution in [3.05, 3.63) is 28.3 Å². The normalized spacial score (nSPS) is 21.9. The van der Waals surface area contributed by atoms with Crippen LogP contribution in [0.25, 0.3) is 0 Å². The van der Waals surface area contributed by atoms with Crippen LogP contribution in [0.15, 0.2) is 18.2 Å². The Morgan fingerprint density at radius 3 is 2.71 bits per heavy atom. The van der Waals surface area contributed by atoms with E-state index in [1.807, 2.05) is 0 Å². The SMILES string of the molecule is COc1ccc(OCC(=O)N[C@@]2(C)CCS(=O)(=O)C2)c([N+](=O)[O-])c1. The minimum absolute atomic E-state index is 0.0224. The molecule has 1 aliphatic rings. The molecule has 9 nitrogen and oxygen atoms in total. The molecular formula is C14H18N2O7S. The summed E-state index contributed by atoms with van der Waals surface area (Å²) in [6.07, 6.45) is 0.323. The van der Waals surface area contributed by atoms with Crippen molar-refractivity contribution in [3.8, 4) is 11.5 Å². The van der Waals surface area contributed by atoms with Crippen molar-refractivity contribution in [2.45, 2.75) is 18.9 Å². The van der Waals surface area contributed by atoms with Crippen LogP contribution in [0.1, 0.15) is 13.3 Å². The molecule has 1 heterocycles. The van der Waals surface area contributed by atoms with Crippen molar-refractivity contribution in [2.24, 2.45) is 0 Å². The van der Waals surface area contributed by atoms with E-state index in [0.29, 0.717) is 12.2 Å². The Kier molecular flexibility index (Phi) is 4.97. The average Bonchev–Trinajstić information content (AvgIpc) is 2.78. The van der Waals surface area contributed by atoms with E-state index in [2.05, 4.69) is 5.32 Å². The number of methoxy groups -OCH3 is 1. The molecule has 0 aromatic heterocycles. The smallest absolute Gasteiger partial charge is 0.314 e. The average molecular weight is 358 g/mol. The highest BCUT2D eigenvalue weighted by Crippen LogP contribution is 2.31. The summed E-state index contributed by atoms with van der Waals surface area (Å²) in [7, 11) is -1.77. The van der Waals surface area contributed by atoms with Crippen LogP contribution in [-0.4, -0.2) is 50.0 Å². The minimum Gasteiger partial charge on any atom is -0.496 e. The van der Waals surface area contributed by atoms with Gasteiger partial charge >= 0.3 is 5.69 Å². The maximum absolute atomic E-state index is 12.0. The van der Waals surface area contributed by atoms with Crippen LogP contribution in [0.2, 0.25) is 0 Å². The van der Waals surface area contributed by atoms with Gasteiger partial charge in [-0.15, -0.1) is 0 Å². The van der Waals surface area contributed by atoms with Crippen LogP contribution in [0.4, 0.5) is 5.69 Å². The van der Waals surface area contributed by atoms with Gasteiger partial charge in [-0.2, -0.15) is 0 Å². The summed E-state index contributed by atoms with van der Waals surface area (Å²) in [5.41, 5.74) is -1.16. The van der Waals surface area contributed by atoms with Gasteiger partial charge < -0.3 is 14.8 Å². The Morgan fingerprint density at radius 2 is 2.17 bits per heavy atom. The number of benzene rings is 1. The van der Waals surface area contributed by atoms with Gasteiger partial charge in [0.1, 0.15) is 5.75 Å². The number of hydrogen-bond donors (Lipinski definition) is 1. The van der Waals surface area contributed by atoms with Crippen molar-refractivity contribution in [2.75, 3.05) is 25.2 Å². The van der Waals surface area contributed by atoms with Gasteiger partial charge in [0.15, 0.2) is 22.2 Å². The van der Waals surface area contributed by atoms with Gasteiger partial charge in [-0.1, -0.05) is 0 Å². The molecule has 0 radical (unpaired) electrons. The van der Waals surface area contributed by atoms with Gasteiger partial charge in [0.05, 0.1) is 35.1 Å². The first-order chi connectivity index (χ1) is 11.1. The number of sulfone groups is 1. The molecule has 0 saturated carbocycles. The molecule has 0 bridgehead atoms. The summed E-state index contributed by atoms with van der Waals surface area (Å²) < 4.78 is 33.2. The van der Waals surface area contributed by atoms with Crippen LogP contribution in [0, 0.1) is 10.1 Å². The highest BCUT2D eigenvalue weighted by atomic mass is 32.2. The molecule has 1 N–H and O–H groups in total. The molecule has 1 saturated heterocycles. The summed E-state index contributed by atoms with van der Waals surface area (Å²) in [5, 5.41) is 13.7. The van der Waals surface area contributed by atoms with E-state index < -0.39 is 32.8 Å². The van der Waals surface area contributed by atoms with Crippen molar-refractivity contribution in [1.29, 1.82) is 0 Å². The van der Waals surface area contributed by atoms with Crippen molar-refractivity contribution in [3.63, 3.8) is 0 Å². The topological polar surface area (TPSA) is 125 Å². The van der Waals surface area contributed by atoms with Gasteiger partial charge in [-0.25, -0.2) is 8.42 Å². The molecule has 0 unspecified atom stereocenters. The number of nitrogens with zero attached hydrogens (tertiary/aromatic N) is 1. The lowest BCUT2D eigenvalue weighted by Crippen LogP contribution is -2.48. The van der Waals surface area contributed by atoms with Crippen LogP contribution >= 0.6 is 0 Å². The Labute approximate surface area is 139 Å². The maximum atomic E-state index is 12.0. The van der Waals surface area contributed by atoms with Crippen LogP contribution in [-0.2, 0) is 14.6 Å². The quantitative estimate of drug-likeness (QED) is 0.585. The number of amides is 1. The zero-order valence-electron chi connectivity index (χ0n) is 13.3. The second-order valence-electron chi connectivity index (χ2n) is 5.83.